The van der Waals surface area contributed by atoms with Gasteiger partial charge in [0.25, 0.3) is 0 Å². The first-order valence-electron chi connectivity index (χ1n) is 12.9. The summed E-state index contributed by atoms with van der Waals surface area (Å²) < 4.78 is 8.50. The molecule has 0 heterocycles. The van der Waals surface area contributed by atoms with Gasteiger partial charge in [-0.15, -0.1) is 0 Å². The molecule has 0 saturated carbocycles. The highest BCUT2D eigenvalue weighted by molar-refractivity contribution is 6.21. The molecule has 0 saturated heterocycles. The fourth-order valence-corrected chi connectivity index (χ4v) is 5.47. The normalized spacial score (nSPS) is 11.7. The molecule has 7 aromatic carbocycles. The van der Waals surface area contributed by atoms with Gasteiger partial charge in [0.15, 0.2) is 0 Å². The summed E-state index contributed by atoms with van der Waals surface area (Å²) in [6, 6.07) is 49.9. The molecule has 0 aromatic heterocycles. The molecule has 0 nitrogen and oxygen atoms in total. The fourth-order valence-electron chi connectivity index (χ4n) is 5.47. The summed E-state index contributed by atoms with van der Waals surface area (Å²) in [4.78, 5) is 0. The summed E-state index contributed by atoms with van der Waals surface area (Å²) in [5.41, 5.74) is 7.17. The van der Waals surface area contributed by atoms with E-state index in [9.17, 15) is 0 Å². The van der Waals surface area contributed by atoms with E-state index in [2.05, 4.69) is 115 Å². The third-order valence-electron chi connectivity index (χ3n) is 7.16. The van der Waals surface area contributed by atoms with E-state index in [1.165, 1.54) is 43.8 Å². The van der Waals surface area contributed by atoms with Crippen molar-refractivity contribution in [2.45, 2.75) is 0 Å². The molecular formula is C36H24. The minimum absolute atomic E-state index is 0.561. The van der Waals surface area contributed by atoms with E-state index >= 15 is 0 Å². The van der Waals surface area contributed by atoms with Crippen molar-refractivity contribution in [1.29, 1.82) is 0 Å². The maximum atomic E-state index is 8.50. The Morgan fingerprint density at radius 3 is 1.36 bits per heavy atom. The quantitative estimate of drug-likeness (QED) is 0.232. The topological polar surface area (TPSA) is 0 Å². The van der Waals surface area contributed by atoms with Crippen LogP contribution in [0, 0.1) is 0 Å². The predicted molar refractivity (Wildman–Crippen MR) is 155 cm³/mol. The molecule has 0 bridgehead atoms. The third kappa shape index (κ3) is 3.39. The van der Waals surface area contributed by atoms with E-state index in [-0.39, 0.29) is 0 Å². The van der Waals surface area contributed by atoms with Gasteiger partial charge in [0.05, 0.1) is 1.37 Å². The summed E-state index contributed by atoms with van der Waals surface area (Å²) in [5.74, 6) is 0. The molecule has 0 atom stereocenters. The molecule has 0 fully saturated rings. The minimum atomic E-state index is 0.561. The lowest BCUT2D eigenvalue weighted by molar-refractivity contribution is 1.62. The van der Waals surface area contributed by atoms with Gasteiger partial charge < -0.3 is 0 Å². The van der Waals surface area contributed by atoms with Gasteiger partial charge in [0, 0.05) is 0 Å². The lowest BCUT2D eigenvalue weighted by Crippen LogP contribution is -1.90. The van der Waals surface area contributed by atoms with Gasteiger partial charge in [0.1, 0.15) is 0 Å². The van der Waals surface area contributed by atoms with E-state index < -0.39 is 0 Å². The molecule has 0 heteroatoms. The zero-order chi connectivity index (χ0) is 24.8. The minimum Gasteiger partial charge on any atom is -0.0622 e. The van der Waals surface area contributed by atoms with Crippen LogP contribution in [0.3, 0.4) is 0 Å². The molecule has 0 aliphatic carbocycles. The van der Waals surface area contributed by atoms with Crippen LogP contribution in [0.15, 0.2) is 146 Å². The van der Waals surface area contributed by atoms with Crippen molar-refractivity contribution < 1.29 is 1.37 Å². The average molecular weight is 458 g/mol. The van der Waals surface area contributed by atoms with Gasteiger partial charge in [-0.1, -0.05) is 140 Å². The Hall–Kier alpha value is -4.68. The molecule has 0 N–H and O–H groups in total. The zero-order valence-corrected chi connectivity index (χ0v) is 19.8. The summed E-state index contributed by atoms with van der Waals surface area (Å²) in [6.45, 7) is 0. The molecule has 0 spiro atoms. The molecule has 36 heavy (non-hydrogen) atoms. The van der Waals surface area contributed by atoms with Crippen LogP contribution in [-0.2, 0) is 0 Å². The molecule has 0 aliphatic rings. The largest absolute Gasteiger partial charge is 0.0629 e. The molecule has 7 aromatic rings. The number of rotatable bonds is 3. The zero-order valence-electron chi connectivity index (χ0n) is 20.8. The maximum Gasteiger partial charge on any atom is 0.0629 e. The van der Waals surface area contributed by atoms with Crippen LogP contribution in [-0.4, -0.2) is 0 Å². The second kappa shape index (κ2) is 8.52. The average Bonchev–Trinajstić information content (AvgIpc) is 2.96. The SMILES string of the molecule is [2H]c1cc(-c2ccc(-c3c4ccccc4c(-c4ccccc4)c4ccccc34)cc2)cc2ccccc12. The Labute approximate surface area is 212 Å². The van der Waals surface area contributed by atoms with Crippen molar-refractivity contribution in [3.8, 4) is 33.4 Å². The van der Waals surface area contributed by atoms with Gasteiger partial charge in [-0.25, -0.2) is 0 Å². The molecule has 0 aliphatic heterocycles. The van der Waals surface area contributed by atoms with Crippen LogP contribution < -0.4 is 0 Å². The highest BCUT2D eigenvalue weighted by Crippen LogP contribution is 2.43. The highest BCUT2D eigenvalue weighted by Gasteiger charge is 2.16. The number of benzene rings is 7. The summed E-state index contributed by atoms with van der Waals surface area (Å²) in [7, 11) is 0. The molecular weight excluding hydrogens is 432 g/mol. The Morgan fingerprint density at radius 1 is 0.333 bits per heavy atom. The summed E-state index contributed by atoms with van der Waals surface area (Å²) in [5, 5.41) is 7.13. The van der Waals surface area contributed by atoms with Crippen LogP contribution in [0.4, 0.5) is 0 Å². The molecule has 168 valence electrons. The van der Waals surface area contributed by atoms with Crippen molar-refractivity contribution in [3.05, 3.63) is 146 Å². The fraction of sp³-hybridized carbons (Fsp3) is 0. The first-order valence-corrected chi connectivity index (χ1v) is 12.4. The predicted octanol–water partition coefficient (Wildman–Crippen LogP) is 10.1. The first-order chi connectivity index (χ1) is 18.3. The maximum absolute atomic E-state index is 8.50. The number of hydrogen-bond acceptors (Lipinski definition) is 0. The van der Waals surface area contributed by atoms with Crippen LogP contribution >= 0.6 is 0 Å². The lowest BCUT2D eigenvalue weighted by Gasteiger charge is -2.18. The molecule has 7 rings (SSSR count). The van der Waals surface area contributed by atoms with E-state index in [1.807, 2.05) is 24.3 Å². The number of hydrogen-bond donors (Lipinski definition) is 0. The van der Waals surface area contributed by atoms with E-state index in [1.54, 1.807) is 0 Å². The molecule has 0 amide bonds. The number of fused-ring (bicyclic) bond motifs is 3. The van der Waals surface area contributed by atoms with Crippen molar-refractivity contribution in [2.75, 3.05) is 0 Å². The monoisotopic (exact) mass is 457 g/mol. The van der Waals surface area contributed by atoms with Crippen LogP contribution in [0.2, 0.25) is 0 Å². The van der Waals surface area contributed by atoms with Crippen LogP contribution in [0.1, 0.15) is 1.37 Å². The summed E-state index contributed by atoms with van der Waals surface area (Å²) >= 11 is 0. The van der Waals surface area contributed by atoms with Crippen molar-refractivity contribution >= 4 is 32.3 Å². The smallest absolute Gasteiger partial charge is 0.0622 e. The highest BCUT2D eigenvalue weighted by atomic mass is 14.2. The van der Waals surface area contributed by atoms with E-state index in [0.717, 1.165) is 21.9 Å². The van der Waals surface area contributed by atoms with Crippen LogP contribution in [0.25, 0.3) is 65.7 Å². The molecule has 0 radical (unpaired) electrons. The van der Waals surface area contributed by atoms with E-state index in [4.69, 9.17) is 1.37 Å². The third-order valence-corrected chi connectivity index (χ3v) is 7.16. The van der Waals surface area contributed by atoms with Gasteiger partial charge in [0.2, 0.25) is 0 Å². The second-order valence-corrected chi connectivity index (χ2v) is 9.26. The standard InChI is InChI=1S/C36H24/c1-2-11-27(12-3-1)35-31-14-6-8-16-33(31)36(34-17-9-7-15-32(34)35)28-21-18-26(19-22-28)30-23-20-25-10-4-5-13-29(25)24-30/h1-24H/i20D. The van der Waals surface area contributed by atoms with Crippen molar-refractivity contribution in [3.63, 3.8) is 0 Å². The van der Waals surface area contributed by atoms with Gasteiger partial charge in [-0.3, -0.25) is 0 Å². The lowest BCUT2D eigenvalue weighted by atomic mass is 9.86. The molecule has 0 unspecified atom stereocenters. The Balaban J connectivity index is 1.44. The van der Waals surface area contributed by atoms with Crippen molar-refractivity contribution in [2.24, 2.45) is 0 Å². The van der Waals surface area contributed by atoms with Gasteiger partial charge >= 0.3 is 0 Å². The van der Waals surface area contributed by atoms with Crippen LogP contribution in [0.5, 0.6) is 0 Å². The Kier molecular flexibility index (Phi) is 4.64. The Bertz CT molecular complexity index is 1860. The summed E-state index contributed by atoms with van der Waals surface area (Å²) in [6.07, 6.45) is 0. The van der Waals surface area contributed by atoms with Gasteiger partial charge in [-0.2, -0.15) is 0 Å². The van der Waals surface area contributed by atoms with Gasteiger partial charge in [-0.05, 0) is 71.8 Å². The first kappa shape index (κ1) is 19.6. The Morgan fingerprint density at radius 2 is 0.778 bits per heavy atom. The van der Waals surface area contributed by atoms with E-state index in [0.29, 0.717) is 6.04 Å². The second-order valence-electron chi connectivity index (χ2n) is 9.26. The van der Waals surface area contributed by atoms with Crippen molar-refractivity contribution in [1.82, 2.24) is 0 Å².